The molecule has 1 fully saturated rings. The fourth-order valence-electron chi connectivity index (χ4n) is 3.96. The third-order valence-corrected chi connectivity index (χ3v) is 5.68. The van der Waals surface area contributed by atoms with Crippen LogP contribution in [0.3, 0.4) is 0 Å². The lowest BCUT2D eigenvalue weighted by Gasteiger charge is -2.31. The summed E-state index contributed by atoms with van der Waals surface area (Å²) in [5, 5.41) is 3.14. The van der Waals surface area contributed by atoms with Crippen LogP contribution in [0.2, 0.25) is 0 Å². The van der Waals surface area contributed by atoms with Gasteiger partial charge < -0.3 is 15.2 Å². The van der Waals surface area contributed by atoms with E-state index in [0.29, 0.717) is 19.3 Å². The molecule has 29 heavy (non-hydrogen) atoms. The van der Waals surface area contributed by atoms with Crippen LogP contribution in [-0.2, 0) is 16.1 Å². The van der Waals surface area contributed by atoms with Crippen LogP contribution in [0, 0.1) is 0 Å². The van der Waals surface area contributed by atoms with Crippen molar-refractivity contribution in [1.82, 2.24) is 25.1 Å². The van der Waals surface area contributed by atoms with Crippen molar-refractivity contribution in [2.75, 3.05) is 26.2 Å². The van der Waals surface area contributed by atoms with E-state index in [4.69, 9.17) is 0 Å². The first-order valence-corrected chi connectivity index (χ1v) is 10.8. The van der Waals surface area contributed by atoms with Crippen molar-refractivity contribution < 1.29 is 9.59 Å². The zero-order valence-electron chi connectivity index (χ0n) is 17.6. The molecule has 0 radical (unpaired) electrons. The topological polar surface area (TPSA) is 81.3 Å². The molecule has 2 aromatic rings. The molecule has 0 spiro atoms. The number of aromatic nitrogens is 2. The maximum Gasteiger partial charge on any atom is 0.222 e. The Labute approximate surface area is 172 Å². The number of nitrogens with one attached hydrogen (secondary N) is 2. The van der Waals surface area contributed by atoms with Gasteiger partial charge in [-0.15, -0.1) is 0 Å². The maximum absolute atomic E-state index is 12.2. The summed E-state index contributed by atoms with van der Waals surface area (Å²) in [5.74, 6) is 1.20. The second kappa shape index (κ2) is 10.4. The average Bonchev–Trinajstić information content (AvgIpc) is 3.12. The predicted molar refractivity (Wildman–Crippen MR) is 114 cm³/mol. The van der Waals surface area contributed by atoms with Crippen molar-refractivity contribution in [3.8, 4) is 0 Å². The van der Waals surface area contributed by atoms with Gasteiger partial charge in [-0.1, -0.05) is 12.1 Å². The number of nitrogens with zero attached hydrogens (tertiary/aromatic N) is 3. The highest BCUT2D eigenvalue weighted by atomic mass is 16.2. The molecule has 1 aliphatic heterocycles. The number of H-pyrrole nitrogens is 1. The fourth-order valence-corrected chi connectivity index (χ4v) is 3.96. The highest BCUT2D eigenvalue weighted by Gasteiger charge is 2.21. The van der Waals surface area contributed by atoms with Gasteiger partial charge in [0.25, 0.3) is 0 Å². The second-order valence-electron chi connectivity index (χ2n) is 7.74. The van der Waals surface area contributed by atoms with Gasteiger partial charge in [-0.2, -0.15) is 0 Å². The standard InChI is InChI=1S/C22H33N5O2/c1-3-27(4-2)22(29)11-7-10-21(28)23-17-12-14-26(15-13-17)16-20-24-18-8-5-6-9-19(18)25-20/h5-6,8-9,17H,3-4,7,10-16H2,1-2H3,(H,23,28)(H,24,25). The lowest BCUT2D eigenvalue weighted by atomic mass is 10.0. The number of likely N-dealkylation sites (tertiary alicyclic amines) is 1. The van der Waals surface area contributed by atoms with Crippen LogP contribution in [0.5, 0.6) is 0 Å². The molecule has 158 valence electrons. The Balaban J connectivity index is 1.35. The largest absolute Gasteiger partial charge is 0.353 e. The Kier molecular flexibility index (Phi) is 7.63. The number of carbonyl (C=O) groups is 2. The number of rotatable bonds is 9. The van der Waals surface area contributed by atoms with Gasteiger partial charge in [0.1, 0.15) is 5.82 Å². The van der Waals surface area contributed by atoms with E-state index in [1.54, 1.807) is 0 Å². The molecule has 0 aliphatic carbocycles. The third kappa shape index (κ3) is 6.03. The van der Waals surface area contributed by atoms with Gasteiger partial charge in [-0.25, -0.2) is 4.98 Å². The van der Waals surface area contributed by atoms with Crippen LogP contribution in [-0.4, -0.2) is 63.8 Å². The van der Waals surface area contributed by atoms with Gasteiger partial charge in [0.2, 0.25) is 11.8 Å². The molecular formula is C22H33N5O2. The Bertz CT molecular complexity index is 773. The molecule has 0 saturated carbocycles. The first kappa shape index (κ1) is 21.3. The molecule has 0 bridgehead atoms. The summed E-state index contributed by atoms with van der Waals surface area (Å²) in [6.45, 7) is 8.12. The van der Waals surface area contributed by atoms with Crippen LogP contribution < -0.4 is 5.32 Å². The molecule has 2 heterocycles. The SMILES string of the molecule is CCN(CC)C(=O)CCCC(=O)NC1CCN(Cc2nc3ccccc3[nH]2)CC1. The van der Waals surface area contributed by atoms with E-state index < -0.39 is 0 Å². The van der Waals surface area contributed by atoms with Crippen molar-refractivity contribution >= 4 is 22.8 Å². The Morgan fingerprint density at radius 3 is 2.59 bits per heavy atom. The van der Waals surface area contributed by atoms with E-state index in [-0.39, 0.29) is 17.9 Å². The number of benzene rings is 1. The molecule has 7 nitrogen and oxygen atoms in total. The molecular weight excluding hydrogens is 366 g/mol. The minimum Gasteiger partial charge on any atom is -0.353 e. The van der Waals surface area contributed by atoms with E-state index in [2.05, 4.69) is 20.2 Å². The van der Waals surface area contributed by atoms with Gasteiger partial charge in [0.15, 0.2) is 0 Å². The molecule has 1 aromatic heterocycles. The summed E-state index contributed by atoms with van der Waals surface area (Å²) in [7, 11) is 0. The quantitative estimate of drug-likeness (QED) is 0.679. The lowest BCUT2D eigenvalue weighted by molar-refractivity contribution is -0.131. The van der Waals surface area contributed by atoms with Crippen molar-refractivity contribution in [2.45, 2.75) is 58.5 Å². The molecule has 2 N–H and O–H groups in total. The lowest BCUT2D eigenvalue weighted by Crippen LogP contribution is -2.44. The van der Waals surface area contributed by atoms with E-state index in [9.17, 15) is 9.59 Å². The predicted octanol–water partition coefficient (Wildman–Crippen LogP) is 2.68. The molecule has 2 amide bonds. The van der Waals surface area contributed by atoms with Gasteiger partial charge in [-0.3, -0.25) is 14.5 Å². The fraction of sp³-hybridized carbons (Fsp3) is 0.591. The maximum atomic E-state index is 12.2. The first-order chi connectivity index (χ1) is 14.1. The van der Waals surface area contributed by atoms with Crippen molar-refractivity contribution in [3.63, 3.8) is 0 Å². The number of piperidine rings is 1. The van der Waals surface area contributed by atoms with Crippen molar-refractivity contribution in [2.24, 2.45) is 0 Å². The molecule has 0 unspecified atom stereocenters. The molecule has 0 atom stereocenters. The summed E-state index contributed by atoms with van der Waals surface area (Å²) in [5.41, 5.74) is 2.08. The summed E-state index contributed by atoms with van der Waals surface area (Å²) in [6.07, 6.45) is 3.39. The normalized spacial score (nSPS) is 15.5. The minimum absolute atomic E-state index is 0.0630. The number of imidazole rings is 1. The van der Waals surface area contributed by atoms with Crippen LogP contribution in [0.25, 0.3) is 11.0 Å². The second-order valence-corrected chi connectivity index (χ2v) is 7.74. The van der Waals surface area contributed by atoms with Crippen LogP contribution in [0.4, 0.5) is 0 Å². The highest BCUT2D eigenvalue weighted by molar-refractivity contribution is 5.79. The third-order valence-electron chi connectivity index (χ3n) is 5.68. The summed E-state index contributed by atoms with van der Waals surface area (Å²) >= 11 is 0. The van der Waals surface area contributed by atoms with Crippen LogP contribution in [0.15, 0.2) is 24.3 Å². The molecule has 1 aliphatic rings. The minimum atomic E-state index is 0.0630. The first-order valence-electron chi connectivity index (χ1n) is 10.8. The van der Waals surface area contributed by atoms with E-state index >= 15 is 0 Å². The van der Waals surface area contributed by atoms with Crippen molar-refractivity contribution in [1.29, 1.82) is 0 Å². The highest BCUT2D eigenvalue weighted by Crippen LogP contribution is 2.16. The van der Waals surface area contributed by atoms with Gasteiger partial charge in [0.05, 0.1) is 17.6 Å². The van der Waals surface area contributed by atoms with Crippen molar-refractivity contribution in [3.05, 3.63) is 30.1 Å². The Morgan fingerprint density at radius 1 is 1.17 bits per heavy atom. The van der Waals surface area contributed by atoms with E-state index in [1.807, 2.05) is 43.0 Å². The Morgan fingerprint density at radius 2 is 1.90 bits per heavy atom. The average molecular weight is 400 g/mol. The number of carbonyl (C=O) groups excluding carboxylic acids is 2. The molecule has 3 rings (SSSR count). The number of para-hydroxylation sites is 2. The molecule has 7 heteroatoms. The zero-order valence-corrected chi connectivity index (χ0v) is 17.6. The molecule has 1 aromatic carbocycles. The number of hydrogen-bond donors (Lipinski definition) is 2. The van der Waals surface area contributed by atoms with E-state index in [1.165, 1.54) is 0 Å². The number of fused-ring (bicyclic) bond motifs is 1. The van der Waals surface area contributed by atoms with Gasteiger partial charge >= 0.3 is 0 Å². The number of amides is 2. The summed E-state index contributed by atoms with van der Waals surface area (Å²) in [6, 6.07) is 8.31. The van der Waals surface area contributed by atoms with Gasteiger partial charge in [-0.05, 0) is 45.2 Å². The zero-order chi connectivity index (χ0) is 20.6. The monoisotopic (exact) mass is 399 g/mol. The van der Waals surface area contributed by atoms with Crippen LogP contribution in [0.1, 0.15) is 51.8 Å². The van der Waals surface area contributed by atoms with E-state index in [0.717, 1.165) is 62.4 Å². The summed E-state index contributed by atoms with van der Waals surface area (Å²) in [4.78, 5) is 36.4. The smallest absolute Gasteiger partial charge is 0.222 e. The van der Waals surface area contributed by atoms with Gasteiger partial charge in [0, 0.05) is 45.1 Å². The van der Waals surface area contributed by atoms with Crippen LogP contribution >= 0.6 is 0 Å². The summed E-state index contributed by atoms with van der Waals surface area (Å²) < 4.78 is 0. The number of aromatic amines is 1. The number of hydrogen-bond acceptors (Lipinski definition) is 4. The Hall–Kier alpha value is -2.41. The molecule has 1 saturated heterocycles.